The first-order valence-electron chi connectivity index (χ1n) is 6.17. The number of anilines is 2. The van der Waals surface area contributed by atoms with E-state index in [1.54, 1.807) is 0 Å². The van der Waals surface area contributed by atoms with Gasteiger partial charge in [0.2, 0.25) is 0 Å². The molecule has 0 unspecified atom stereocenters. The van der Waals surface area contributed by atoms with E-state index >= 15 is 0 Å². The zero-order chi connectivity index (χ0) is 14.9. The van der Waals surface area contributed by atoms with E-state index in [0.717, 1.165) is 28.4 Å². The van der Waals surface area contributed by atoms with Gasteiger partial charge >= 0.3 is 0 Å². The minimum atomic E-state index is -0.625. The van der Waals surface area contributed by atoms with Gasteiger partial charge in [-0.15, -0.1) is 0 Å². The van der Waals surface area contributed by atoms with Gasteiger partial charge in [-0.05, 0) is 44.0 Å². The predicted molar refractivity (Wildman–Crippen MR) is 77.0 cm³/mol. The van der Waals surface area contributed by atoms with Crippen molar-refractivity contribution in [1.82, 2.24) is 0 Å². The van der Waals surface area contributed by atoms with Crippen LogP contribution in [0.1, 0.15) is 16.7 Å². The molecule has 2 rings (SSSR count). The summed E-state index contributed by atoms with van der Waals surface area (Å²) in [6.45, 7) is 5.85. The minimum Gasteiger partial charge on any atom is -0.349 e. The topological polar surface area (TPSA) is 55.2 Å². The molecule has 2 aromatic rings. The Morgan fingerprint density at radius 1 is 1.10 bits per heavy atom. The molecular formula is C15H15FN2O2. The summed E-state index contributed by atoms with van der Waals surface area (Å²) in [5.74, 6) is -0.625. The van der Waals surface area contributed by atoms with Crippen molar-refractivity contribution in [2.75, 3.05) is 5.32 Å². The number of aryl methyl sites for hydroxylation is 3. The van der Waals surface area contributed by atoms with Crippen LogP contribution >= 0.6 is 0 Å². The molecule has 0 aliphatic carbocycles. The smallest absolute Gasteiger partial charge is 0.295 e. The van der Waals surface area contributed by atoms with E-state index in [1.165, 1.54) is 12.1 Å². The molecule has 0 amide bonds. The Morgan fingerprint density at radius 3 is 2.25 bits per heavy atom. The van der Waals surface area contributed by atoms with E-state index in [0.29, 0.717) is 0 Å². The van der Waals surface area contributed by atoms with Crippen LogP contribution < -0.4 is 5.32 Å². The molecule has 0 radical (unpaired) electrons. The lowest BCUT2D eigenvalue weighted by molar-refractivity contribution is -0.384. The quantitative estimate of drug-likeness (QED) is 0.666. The van der Waals surface area contributed by atoms with E-state index in [1.807, 2.05) is 32.9 Å². The molecule has 4 nitrogen and oxygen atoms in total. The second-order valence-electron chi connectivity index (χ2n) is 4.82. The fraction of sp³-hybridized carbons (Fsp3) is 0.200. The molecule has 0 aromatic heterocycles. The molecule has 20 heavy (non-hydrogen) atoms. The second kappa shape index (κ2) is 5.28. The van der Waals surface area contributed by atoms with Crippen LogP contribution in [0.15, 0.2) is 30.3 Å². The molecule has 0 saturated carbocycles. The molecule has 0 saturated heterocycles. The third-order valence-corrected chi connectivity index (χ3v) is 3.09. The van der Waals surface area contributed by atoms with Crippen LogP contribution in [0.2, 0.25) is 0 Å². The summed E-state index contributed by atoms with van der Waals surface area (Å²) in [6, 6.07) is 7.48. The van der Waals surface area contributed by atoms with E-state index in [2.05, 4.69) is 5.32 Å². The molecule has 5 heteroatoms. The first-order valence-corrected chi connectivity index (χ1v) is 6.17. The maximum Gasteiger partial charge on any atom is 0.295 e. The first-order chi connectivity index (χ1) is 9.38. The van der Waals surface area contributed by atoms with Gasteiger partial charge in [0, 0.05) is 5.69 Å². The number of benzene rings is 2. The van der Waals surface area contributed by atoms with Crippen LogP contribution in [0.5, 0.6) is 0 Å². The second-order valence-corrected chi connectivity index (χ2v) is 4.82. The van der Waals surface area contributed by atoms with Gasteiger partial charge in [-0.2, -0.15) is 0 Å². The zero-order valence-electron chi connectivity index (χ0n) is 11.5. The van der Waals surface area contributed by atoms with Gasteiger partial charge in [-0.25, -0.2) is 4.39 Å². The molecule has 2 aromatic carbocycles. The Kier molecular flexibility index (Phi) is 3.70. The zero-order valence-corrected chi connectivity index (χ0v) is 11.5. The van der Waals surface area contributed by atoms with Gasteiger partial charge in [0.1, 0.15) is 11.5 Å². The summed E-state index contributed by atoms with van der Waals surface area (Å²) in [5.41, 5.74) is 3.92. The molecule has 0 aliphatic rings. The van der Waals surface area contributed by atoms with E-state index in [-0.39, 0.29) is 11.4 Å². The van der Waals surface area contributed by atoms with E-state index < -0.39 is 10.7 Å². The molecule has 0 fully saturated rings. The molecule has 1 N–H and O–H groups in total. The number of nitro benzene ring substituents is 1. The van der Waals surface area contributed by atoms with Crippen molar-refractivity contribution < 1.29 is 9.31 Å². The van der Waals surface area contributed by atoms with E-state index in [9.17, 15) is 14.5 Å². The Balaban J connectivity index is 2.48. The maximum absolute atomic E-state index is 13.1. The molecule has 0 spiro atoms. The summed E-state index contributed by atoms with van der Waals surface area (Å²) in [4.78, 5) is 10.4. The van der Waals surface area contributed by atoms with Crippen molar-refractivity contribution in [3.63, 3.8) is 0 Å². The number of nitrogens with zero attached hydrogens (tertiary/aromatic N) is 1. The Hall–Kier alpha value is -2.43. The summed E-state index contributed by atoms with van der Waals surface area (Å²) in [6.07, 6.45) is 0. The van der Waals surface area contributed by atoms with Crippen molar-refractivity contribution in [3.8, 4) is 0 Å². The summed E-state index contributed by atoms with van der Waals surface area (Å²) < 4.78 is 13.1. The highest BCUT2D eigenvalue weighted by Crippen LogP contribution is 2.31. The third kappa shape index (κ3) is 2.77. The van der Waals surface area contributed by atoms with Crippen molar-refractivity contribution in [3.05, 3.63) is 63.0 Å². The standard InChI is InChI=1S/C15H15FN2O2/c1-9-6-10(2)15(11(3)7-9)17-13-5-4-12(16)8-14(13)18(19)20/h4-8,17H,1-3H3. The number of hydrogen-bond acceptors (Lipinski definition) is 3. The van der Waals surface area contributed by atoms with Crippen LogP contribution in [0, 0.1) is 36.7 Å². The first kappa shape index (κ1) is 14.0. The summed E-state index contributed by atoms with van der Waals surface area (Å²) >= 11 is 0. The van der Waals surface area contributed by atoms with Crippen LogP contribution in [0.25, 0.3) is 0 Å². The molecular weight excluding hydrogens is 259 g/mol. The van der Waals surface area contributed by atoms with Crippen molar-refractivity contribution in [2.24, 2.45) is 0 Å². The Bertz CT molecular complexity index is 661. The lowest BCUT2D eigenvalue weighted by atomic mass is 10.0. The number of halogens is 1. The lowest BCUT2D eigenvalue weighted by Gasteiger charge is -2.14. The van der Waals surface area contributed by atoms with Crippen LogP contribution in [0.3, 0.4) is 0 Å². The number of hydrogen-bond donors (Lipinski definition) is 1. The average Bonchev–Trinajstić information content (AvgIpc) is 2.34. The third-order valence-electron chi connectivity index (χ3n) is 3.09. The lowest BCUT2D eigenvalue weighted by Crippen LogP contribution is -2.01. The number of nitro groups is 1. The highest BCUT2D eigenvalue weighted by Gasteiger charge is 2.16. The highest BCUT2D eigenvalue weighted by molar-refractivity contribution is 5.73. The van der Waals surface area contributed by atoms with Crippen molar-refractivity contribution >= 4 is 17.1 Å². The van der Waals surface area contributed by atoms with Crippen molar-refractivity contribution in [1.29, 1.82) is 0 Å². The van der Waals surface area contributed by atoms with Gasteiger partial charge in [0.15, 0.2) is 0 Å². The van der Waals surface area contributed by atoms with Gasteiger partial charge < -0.3 is 5.32 Å². The number of nitrogens with one attached hydrogen (secondary N) is 1. The van der Waals surface area contributed by atoms with Gasteiger partial charge in [-0.3, -0.25) is 10.1 Å². The Labute approximate surface area is 116 Å². The van der Waals surface area contributed by atoms with Crippen LogP contribution in [-0.2, 0) is 0 Å². The van der Waals surface area contributed by atoms with Crippen molar-refractivity contribution in [2.45, 2.75) is 20.8 Å². The maximum atomic E-state index is 13.1. The number of rotatable bonds is 3. The molecule has 0 heterocycles. The summed E-state index contributed by atoms with van der Waals surface area (Å²) in [7, 11) is 0. The normalized spacial score (nSPS) is 10.4. The molecule has 104 valence electrons. The minimum absolute atomic E-state index is 0.274. The van der Waals surface area contributed by atoms with Gasteiger partial charge in [0.05, 0.1) is 11.0 Å². The highest BCUT2D eigenvalue weighted by atomic mass is 19.1. The fourth-order valence-electron chi connectivity index (χ4n) is 2.27. The van der Waals surface area contributed by atoms with Gasteiger partial charge in [0.25, 0.3) is 5.69 Å². The Morgan fingerprint density at radius 2 is 1.70 bits per heavy atom. The largest absolute Gasteiger partial charge is 0.349 e. The van der Waals surface area contributed by atoms with Gasteiger partial charge in [-0.1, -0.05) is 17.7 Å². The molecule has 0 bridgehead atoms. The van der Waals surface area contributed by atoms with Crippen LogP contribution in [0.4, 0.5) is 21.5 Å². The predicted octanol–water partition coefficient (Wildman–Crippen LogP) is 4.40. The average molecular weight is 274 g/mol. The molecule has 0 aliphatic heterocycles. The van der Waals surface area contributed by atoms with Crippen LogP contribution in [-0.4, -0.2) is 4.92 Å². The molecule has 0 atom stereocenters. The fourth-order valence-corrected chi connectivity index (χ4v) is 2.27. The summed E-state index contributed by atoms with van der Waals surface area (Å²) in [5, 5.41) is 14.0. The monoisotopic (exact) mass is 274 g/mol. The SMILES string of the molecule is Cc1cc(C)c(Nc2ccc(F)cc2[N+](=O)[O-])c(C)c1. The van der Waals surface area contributed by atoms with E-state index in [4.69, 9.17) is 0 Å².